The first kappa shape index (κ1) is 38.6. The van der Waals surface area contributed by atoms with Gasteiger partial charge in [0, 0.05) is 19.8 Å². The van der Waals surface area contributed by atoms with E-state index in [0.29, 0.717) is 32.6 Å². The van der Waals surface area contributed by atoms with Gasteiger partial charge in [0.1, 0.15) is 12.6 Å². The number of unbranched alkanes of at least 4 members (excludes halogenated alkanes) is 2. The third kappa shape index (κ3) is 19.6. The van der Waals surface area contributed by atoms with Gasteiger partial charge >= 0.3 is 12.1 Å². The van der Waals surface area contributed by atoms with E-state index in [4.69, 9.17) is 36.5 Å². The number of rotatable bonds is 20. The van der Waals surface area contributed by atoms with Gasteiger partial charge in [0.2, 0.25) is 5.91 Å². The SMILES string of the molecule is CC(C)[C@@H](NC(=O)OCc1ccccc1)C(=O)O.CCCCOC(OCCCC)C(CCCN=C(N)N)NC(=O)CN. The van der Waals surface area contributed by atoms with Crippen LogP contribution in [0.1, 0.15) is 71.8 Å². The standard InChI is InChI=1S/C16H35N5O3.C13H17NO4/c1-3-5-10-23-15(24-11-6-4-2)13(21-14(22)12-17)8-7-9-20-16(18)19;1-9(2)11(12(15)16)14-13(17)18-8-10-6-4-3-5-7-10/h13,15H,3-12,17H2,1-2H3,(H,21,22)(H4,18,19,20);3-7,9,11H,8H2,1-2H3,(H,14,17)(H,15,16)/t;11-/m.1/s1. The van der Waals surface area contributed by atoms with Crippen LogP contribution >= 0.6 is 0 Å². The van der Waals surface area contributed by atoms with E-state index in [-0.39, 0.29) is 37.0 Å². The predicted molar refractivity (Wildman–Crippen MR) is 162 cm³/mol. The number of aliphatic imine (C=N–C) groups is 1. The van der Waals surface area contributed by atoms with Gasteiger partial charge in [-0.15, -0.1) is 0 Å². The Morgan fingerprint density at radius 3 is 2.02 bits per heavy atom. The lowest BCUT2D eigenvalue weighted by molar-refractivity contribution is -0.165. The summed E-state index contributed by atoms with van der Waals surface area (Å²) >= 11 is 0. The van der Waals surface area contributed by atoms with Crippen LogP contribution in [0, 0.1) is 5.92 Å². The van der Waals surface area contributed by atoms with E-state index >= 15 is 0 Å². The lowest BCUT2D eigenvalue weighted by Gasteiger charge is -2.28. The molecular weight excluding hydrogens is 544 g/mol. The third-order valence-corrected chi connectivity index (χ3v) is 5.81. The van der Waals surface area contributed by atoms with Crippen molar-refractivity contribution >= 4 is 23.9 Å². The Balaban J connectivity index is 0.000000831. The summed E-state index contributed by atoms with van der Waals surface area (Å²) in [6.07, 6.45) is 4.10. The van der Waals surface area contributed by atoms with Crippen LogP contribution in [0.2, 0.25) is 0 Å². The number of carboxylic acids is 1. The molecule has 0 saturated heterocycles. The van der Waals surface area contributed by atoms with Gasteiger partial charge in [0.05, 0.1) is 12.6 Å². The maximum absolute atomic E-state index is 11.7. The summed E-state index contributed by atoms with van der Waals surface area (Å²) in [5.41, 5.74) is 16.9. The van der Waals surface area contributed by atoms with Crippen LogP contribution in [0.3, 0.4) is 0 Å². The minimum absolute atomic E-state index is 0.0625. The van der Waals surface area contributed by atoms with Crippen LogP contribution in [0.25, 0.3) is 0 Å². The molecule has 1 unspecified atom stereocenters. The summed E-state index contributed by atoms with van der Waals surface area (Å²) in [7, 11) is 0. The van der Waals surface area contributed by atoms with Crippen molar-refractivity contribution in [1.29, 1.82) is 0 Å². The van der Waals surface area contributed by atoms with Gasteiger partial charge < -0.3 is 47.2 Å². The molecule has 0 heterocycles. The van der Waals surface area contributed by atoms with Crippen LogP contribution in [-0.2, 0) is 30.4 Å². The molecule has 13 heteroatoms. The first-order valence-corrected chi connectivity index (χ1v) is 14.5. The molecule has 42 heavy (non-hydrogen) atoms. The van der Waals surface area contributed by atoms with Gasteiger partial charge in [-0.2, -0.15) is 0 Å². The Bertz CT molecular complexity index is 888. The van der Waals surface area contributed by atoms with Crippen molar-refractivity contribution in [3.05, 3.63) is 35.9 Å². The molecule has 1 aromatic rings. The second-order valence-corrected chi connectivity index (χ2v) is 9.91. The lowest BCUT2D eigenvalue weighted by atomic mass is 10.1. The molecular formula is C29H52N6O7. The zero-order valence-corrected chi connectivity index (χ0v) is 25.6. The number of ether oxygens (including phenoxy) is 3. The largest absolute Gasteiger partial charge is 0.480 e. The number of nitrogens with two attached hydrogens (primary N) is 3. The van der Waals surface area contributed by atoms with E-state index < -0.39 is 24.4 Å². The molecule has 2 atom stereocenters. The molecule has 0 spiro atoms. The number of hydrogen-bond acceptors (Lipinski definition) is 8. The molecule has 0 aliphatic rings. The number of aliphatic carboxylic acids is 1. The lowest BCUT2D eigenvalue weighted by Crippen LogP contribution is -2.48. The fraction of sp³-hybridized carbons (Fsp3) is 0.655. The predicted octanol–water partition coefficient (Wildman–Crippen LogP) is 2.47. The Morgan fingerprint density at radius 2 is 1.55 bits per heavy atom. The number of nitrogens with zero attached hydrogens (tertiary/aromatic N) is 1. The Labute approximate surface area is 249 Å². The number of amides is 2. The zero-order chi connectivity index (χ0) is 31.8. The number of hydrogen-bond donors (Lipinski definition) is 6. The maximum Gasteiger partial charge on any atom is 0.408 e. The van der Waals surface area contributed by atoms with Crippen molar-refractivity contribution in [1.82, 2.24) is 10.6 Å². The highest BCUT2D eigenvalue weighted by Crippen LogP contribution is 2.11. The van der Waals surface area contributed by atoms with E-state index in [1.165, 1.54) is 0 Å². The van der Waals surface area contributed by atoms with Crippen LogP contribution < -0.4 is 27.8 Å². The molecule has 1 rings (SSSR count). The van der Waals surface area contributed by atoms with E-state index in [0.717, 1.165) is 31.2 Å². The third-order valence-electron chi connectivity index (χ3n) is 5.81. The van der Waals surface area contributed by atoms with Gasteiger partial charge in [-0.25, -0.2) is 9.59 Å². The van der Waals surface area contributed by atoms with Crippen LogP contribution in [0.4, 0.5) is 4.79 Å². The normalized spacial score (nSPS) is 12.1. The first-order chi connectivity index (χ1) is 20.0. The smallest absolute Gasteiger partial charge is 0.408 e. The van der Waals surface area contributed by atoms with Crippen molar-refractivity contribution in [3.8, 4) is 0 Å². The molecule has 0 aliphatic heterocycles. The van der Waals surface area contributed by atoms with Crippen molar-refractivity contribution in [2.75, 3.05) is 26.3 Å². The highest BCUT2D eigenvalue weighted by molar-refractivity contribution is 5.80. The van der Waals surface area contributed by atoms with Crippen molar-refractivity contribution in [2.45, 2.75) is 91.2 Å². The summed E-state index contributed by atoms with van der Waals surface area (Å²) in [6, 6.07) is 7.98. The van der Waals surface area contributed by atoms with Crippen LogP contribution in [-0.4, -0.2) is 73.7 Å². The molecule has 0 bridgehead atoms. The van der Waals surface area contributed by atoms with Crippen molar-refractivity contribution in [3.63, 3.8) is 0 Å². The fourth-order valence-electron chi connectivity index (χ4n) is 3.43. The van der Waals surface area contributed by atoms with E-state index in [2.05, 4.69) is 29.5 Å². The van der Waals surface area contributed by atoms with Gasteiger partial charge in [-0.3, -0.25) is 9.79 Å². The van der Waals surface area contributed by atoms with Crippen LogP contribution in [0.15, 0.2) is 35.3 Å². The van der Waals surface area contributed by atoms with Crippen molar-refractivity contribution < 1.29 is 33.7 Å². The second-order valence-electron chi connectivity index (χ2n) is 9.91. The Kier molecular flexibility index (Phi) is 22.2. The van der Waals surface area contributed by atoms with Crippen molar-refractivity contribution in [2.24, 2.45) is 28.1 Å². The van der Waals surface area contributed by atoms with Gasteiger partial charge in [-0.05, 0) is 37.2 Å². The highest BCUT2D eigenvalue weighted by Gasteiger charge is 2.25. The summed E-state index contributed by atoms with van der Waals surface area (Å²) in [4.78, 5) is 38.0. The molecule has 0 aliphatic carbocycles. The molecule has 240 valence electrons. The average Bonchev–Trinajstić information content (AvgIpc) is 2.96. The van der Waals surface area contributed by atoms with Crippen LogP contribution in [0.5, 0.6) is 0 Å². The summed E-state index contributed by atoms with van der Waals surface area (Å²) in [5, 5.41) is 14.1. The molecule has 1 aromatic carbocycles. The average molecular weight is 597 g/mol. The topological polar surface area (TPSA) is 214 Å². The highest BCUT2D eigenvalue weighted by atomic mass is 16.7. The molecule has 2 amide bonds. The minimum atomic E-state index is -1.07. The molecule has 0 saturated carbocycles. The number of alkyl carbamates (subject to hydrolysis) is 1. The van der Waals surface area contributed by atoms with Gasteiger partial charge in [-0.1, -0.05) is 70.9 Å². The summed E-state index contributed by atoms with van der Waals surface area (Å²) in [5.74, 6) is -1.44. The maximum atomic E-state index is 11.7. The molecule has 0 fully saturated rings. The minimum Gasteiger partial charge on any atom is -0.480 e. The molecule has 13 nitrogen and oxygen atoms in total. The number of carboxylic acid groups (broad SMARTS) is 1. The number of carbonyl (C=O) groups excluding carboxylic acids is 2. The number of carbonyl (C=O) groups is 3. The van der Waals surface area contributed by atoms with Gasteiger partial charge in [0.15, 0.2) is 12.2 Å². The fourth-order valence-corrected chi connectivity index (χ4v) is 3.43. The first-order valence-electron chi connectivity index (χ1n) is 14.5. The number of nitrogens with one attached hydrogen (secondary N) is 2. The molecule has 9 N–H and O–H groups in total. The Hall–Kier alpha value is -3.42. The van der Waals surface area contributed by atoms with Gasteiger partial charge in [0.25, 0.3) is 0 Å². The van der Waals surface area contributed by atoms with E-state index in [1.54, 1.807) is 13.8 Å². The molecule has 0 radical (unpaired) electrons. The second kappa shape index (κ2) is 24.2. The van der Waals surface area contributed by atoms with E-state index in [1.807, 2.05) is 30.3 Å². The van der Waals surface area contributed by atoms with E-state index in [9.17, 15) is 14.4 Å². The quantitative estimate of drug-likeness (QED) is 0.0559. The number of guanidine groups is 1. The summed E-state index contributed by atoms with van der Waals surface area (Å²) in [6.45, 7) is 9.36. The zero-order valence-electron chi connectivity index (χ0n) is 25.6. The molecule has 0 aromatic heterocycles. The monoisotopic (exact) mass is 596 g/mol. The Morgan fingerprint density at radius 1 is 0.952 bits per heavy atom. The number of benzene rings is 1. The summed E-state index contributed by atoms with van der Waals surface area (Å²) < 4.78 is 16.6.